The van der Waals surface area contributed by atoms with Gasteiger partial charge in [-0.05, 0) is 33.6 Å². The van der Waals surface area contributed by atoms with Gasteiger partial charge >= 0.3 is 0 Å². The van der Waals surface area contributed by atoms with Crippen molar-refractivity contribution in [3.8, 4) is 0 Å². The first-order chi connectivity index (χ1) is 8.66. The maximum absolute atomic E-state index is 12.2. The highest BCUT2D eigenvalue weighted by atomic mass is 79.9. The lowest BCUT2D eigenvalue weighted by molar-refractivity contribution is 0.0785. The van der Waals surface area contributed by atoms with Gasteiger partial charge in [0.25, 0.3) is 5.91 Å². The lowest BCUT2D eigenvalue weighted by Crippen LogP contribution is -2.26. The summed E-state index contributed by atoms with van der Waals surface area (Å²) in [6.45, 7) is 0.597. The van der Waals surface area contributed by atoms with Gasteiger partial charge in [0, 0.05) is 25.4 Å². The van der Waals surface area contributed by atoms with E-state index in [1.54, 1.807) is 30.3 Å². The van der Waals surface area contributed by atoms with Crippen molar-refractivity contribution in [2.75, 3.05) is 7.05 Å². The van der Waals surface area contributed by atoms with E-state index in [0.29, 0.717) is 16.7 Å². The molecule has 1 amide bonds. The van der Waals surface area contributed by atoms with Crippen molar-refractivity contribution in [3.63, 3.8) is 0 Å². The van der Waals surface area contributed by atoms with Crippen molar-refractivity contribution < 1.29 is 4.79 Å². The number of amides is 1. The summed E-state index contributed by atoms with van der Waals surface area (Å²) in [4.78, 5) is 17.9. The van der Waals surface area contributed by atoms with Crippen LogP contribution in [-0.4, -0.2) is 22.8 Å². The summed E-state index contributed by atoms with van der Waals surface area (Å²) >= 11 is 3.26. The fourth-order valence-electron chi connectivity index (χ4n) is 1.68. The molecule has 1 aromatic carbocycles. The van der Waals surface area contributed by atoms with Crippen LogP contribution in [0.3, 0.4) is 0 Å². The second kappa shape index (κ2) is 5.78. The first-order valence-corrected chi connectivity index (χ1v) is 6.37. The molecule has 0 fully saturated rings. The van der Waals surface area contributed by atoms with Crippen molar-refractivity contribution in [1.82, 2.24) is 9.88 Å². The number of benzene rings is 1. The SMILES string of the molecule is CN(Cc1ccccc1)C(=O)c1ccnc(Br)c1. The molecule has 18 heavy (non-hydrogen) atoms. The molecule has 2 aromatic rings. The predicted molar refractivity (Wildman–Crippen MR) is 74.2 cm³/mol. The fraction of sp³-hybridized carbons (Fsp3) is 0.143. The van der Waals surface area contributed by atoms with Crippen LogP contribution in [-0.2, 0) is 6.54 Å². The summed E-state index contributed by atoms with van der Waals surface area (Å²) in [6, 6.07) is 13.4. The Hall–Kier alpha value is -1.68. The molecule has 0 N–H and O–H groups in total. The Labute approximate surface area is 115 Å². The normalized spacial score (nSPS) is 10.1. The van der Waals surface area contributed by atoms with E-state index in [4.69, 9.17) is 0 Å². The summed E-state index contributed by atoms with van der Waals surface area (Å²) in [6.07, 6.45) is 1.62. The largest absolute Gasteiger partial charge is 0.337 e. The van der Waals surface area contributed by atoms with Gasteiger partial charge in [-0.3, -0.25) is 4.79 Å². The molecule has 0 aliphatic heterocycles. The zero-order valence-corrected chi connectivity index (χ0v) is 11.6. The molecule has 0 spiro atoms. The van der Waals surface area contributed by atoms with Crippen LogP contribution in [0.2, 0.25) is 0 Å². The summed E-state index contributed by atoms with van der Waals surface area (Å²) < 4.78 is 0.668. The number of carbonyl (C=O) groups is 1. The van der Waals surface area contributed by atoms with Crippen LogP contribution in [0.4, 0.5) is 0 Å². The highest BCUT2D eigenvalue weighted by molar-refractivity contribution is 9.10. The number of aromatic nitrogens is 1. The maximum Gasteiger partial charge on any atom is 0.254 e. The maximum atomic E-state index is 12.2. The Morgan fingerprint density at radius 1 is 1.28 bits per heavy atom. The van der Waals surface area contributed by atoms with Gasteiger partial charge in [0.15, 0.2) is 0 Å². The molecule has 0 bridgehead atoms. The zero-order valence-electron chi connectivity index (χ0n) is 10.0. The number of hydrogen-bond donors (Lipinski definition) is 0. The summed E-state index contributed by atoms with van der Waals surface area (Å²) in [5.74, 6) is -0.0121. The molecule has 0 saturated carbocycles. The smallest absolute Gasteiger partial charge is 0.254 e. The van der Waals surface area contributed by atoms with Gasteiger partial charge in [-0.1, -0.05) is 30.3 Å². The predicted octanol–water partition coefficient (Wildman–Crippen LogP) is 3.12. The molecule has 0 aliphatic carbocycles. The van der Waals surface area contributed by atoms with Crippen LogP contribution in [0, 0.1) is 0 Å². The second-order valence-corrected chi connectivity index (χ2v) is 4.83. The molecular formula is C14H13BrN2O. The number of hydrogen-bond acceptors (Lipinski definition) is 2. The lowest BCUT2D eigenvalue weighted by atomic mass is 10.2. The molecule has 0 unspecified atom stereocenters. The van der Waals surface area contributed by atoms with Gasteiger partial charge in [0.05, 0.1) is 0 Å². The van der Waals surface area contributed by atoms with Crippen LogP contribution in [0.25, 0.3) is 0 Å². The van der Waals surface area contributed by atoms with E-state index in [1.807, 2.05) is 30.3 Å². The topological polar surface area (TPSA) is 33.2 Å². The Bertz CT molecular complexity index is 543. The number of rotatable bonds is 3. The molecule has 1 aromatic heterocycles. The van der Waals surface area contributed by atoms with Crippen molar-refractivity contribution in [2.45, 2.75) is 6.54 Å². The molecule has 2 rings (SSSR count). The average Bonchev–Trinajstić information content (AvgIpc) is 2.39. The van der Waals surface area contributed by atoms with E-state index in [9.17, 15) is 4.79 Å². The number of halogens is 1. The zero-order chi connectivity index (χ0) is 13.0. The van der Waals surface area contributed by atoms with Crippen LogP contribution in [0.5, 0.6) is 0 Å². The number of carbonyl (C=O) groups excluding carboxylic acids is 1. The molecule has 0 radical (unpaired) electrons. The van der Waals surface area contributed by atoms with Gasteiger partial charge in [0.1, 0.15) is 4.60 Å². The van der Waals surface area contributed by atoms with Crippen LogP contribution in [0.1, 0.15) is 15.9 Å². The Balaban J connectivity index is 2.10. The van der Waals surface area contributed by atoms with Crippen LogP contribution >= 0.6 is 15.9 Å². The van der Waals surface area contributed by atoms with Gasteiger partial charge in [-0.2, -0.15) is 0 Å². The first-order valence-electron chi connectivity index (χ1n) is 5.58. The molecule has 0 aliphatic rings. The molecule has 92 valence electrons. The first kappa shape index (κ1) is 12.8. The van der Waals surface area contributed by atoms with Crippen molar-refractivity contribution in [3.05, 3.63) is 64.4 Å². The van der Waals surface area contributed by atoms with Crippen LogP contribution < -0.4 is 0 Å². The highest BCUT2D eigenvalue weighted by Crippen LogP contribution is 2.11. The number of pyridine rings is 1. The second-order valence-electron chi connectivity index (χ2n) is 4.01. The van der Waals surface area contributed by atoms with Crippen molar-refractivity contribution in [1.29, 1.82) is 0 Å². The Kier molecular flexibility index (Phi) is 4.10. The minimum Gasteiger partial charge on any atom is -0.337 e. The Morgan fingerprint density at radius 2 is 2.00 bits per heavy atom. The average molecular weight is 305 g/mol. The monoisotopic (exact) mass is 304 g/mol. The third-order valence-electron chi connectivity index (χ3n) is 2.58. The van der Waals surface area contributed by atoms with Gasteiger partial charge in [-0.25, -0.2) is 4.98 Å². The molecule has 1 heterocycles. The number of nitrogens with zero attached hydrogens (tertiary/aromatic N) is 2. The molecular weight excluding hydrogens is 292 g/mol. The third-order valence-corrected chi connectivity index (χ3v) is 3.02. The van der Waals surface area contributed by atoms with Gasteiger partial charge < -0.3 is 4.90 Å². The van der Waals surface area contributed by atoms with Crippen LogP contribution in [0.15, 0.2) is 53.3 Å². The van der Waals surface area contributed by atoms with E-state index in [0.717, 1.165) is 5.56 Å². The Morgan fingerprint density at radius 3 is 2.67 bits per heavy atom. The lowest BCUT2D eigenvalue weighted by Gasteiger charge is -2.17. The molecule has 0 atom stereocenters. The molecule has 3 nitrogen and oxygen atoms in total. The van der Waals surface area contributed by atoms with E-state index in [1.165, 1.54) is 0 Å². The summed E-state index contributed by atoms with van der Waals surface area (Å²) in [7, 11) is 1.80. The van der Waals surface area contributed by atoms with Gasteiger partial charge in [-0.15, -0.1) is 0 Å². The van der Waals surface area contributed by atoms with E-state index < -0.39 is 0 Å². The van der Waals surface area contributed by atoms with E-state index >= 15 is 0 Å². The summed E-state index contributed by atoms with van der Waals surface area (Å²) in [5, 5.41) is 0. The van der Waals surface area contributed by atoms with E-state index in [2.05, 4.69) is 20.9 Å². The quantitative estimate of drug-likeness (QED) is 0.816. The molecule has 4 heteroatoms. The van der Waals surface area contributed by atoms with E-state index in [-0.39, 0.29) is 5.91 Å². The molecule has 0 saturated heterocycles. The third kappa shape index (κ3) is 3.17. The standard InChI is InChI=1S/C14H13BrN2O/c1-17(10-11-5-3-2-4-6-11)14(18)12-7-8-16-13(15)9-12/h2-9H,10H2,1H3. The van der Waals surface area contributed by atoms with Crippen molar-refractivity contribution >= 4 is 21.8 Å². The minimum absolute atomic E-state index is 0.0121. The fourth-order valence-corrected chi connectivity index (χ4v) is 2.05. The minimum atomic E-state index is -0.0121. The summed E-state index contributed by atoms with van der Waals surface area (Å²) in [5.41, 5.74) is 1.75. The van der Waals surface area contributed by atoms with Crippen molar-refractivity contribution in [2.24, 2.45) is 0 Å². The highest BCUT2D eigenvalue weighted by Gasteiger charge is 2.12. The van der Waals surface area contributed by atoms with Gasteiger partial charge in [0.2, 0.25) is 0 Å².